The summed E-state index contributed by atoms with van der Waals surface area (Å²) >= 11 is 0. The van der Waals surface area contributed by atoms with Crippen molar-refractivity contribution in [3.8, 4) is 0 Å². The molecule has 0 bridgehead atoms. The van der Waals surface area contributed by atoms with Gasteiger partial charge in [0.25, 0.3) is 0 Å². The lowest BCUT2D eigenvalue weighted by molar-refractivity contribution is 0.137. The van der Waals surface area contributed by atoms with Crippen molar-refractivity contribution in [1.29, 1.82) is 0 Å². The minimum Gasteiger partial charge on any atom is -0.396 e. The van der Waals surface area contributed by atoms with Gasteiger partial charge >= 0.3 is 0 Å². The zero-order chi connectivity index (χ0) is 13.0. The molecule has 0 spiro atoms. The fourth-order valence-electron chi connectivity index (χ4n) is 2.13. The van der Waals surface area contributed by atoms with E-state index in [0.717, 1.165) is 24.8 Å². The second-order valence-corrected chi connectivity index (χ2v) is 5.21. The molecule has 0 aliphatic heterocycles. The van der Waals surface area contributed by atoms with Gasteiger partial charge in [-0.25, -0.2) is 0 Å². The molecule has 1 aromatic carbocycles. The molecule has 2 rings (SSSR count). The number of aliphatic hydroxyl groups is 2. The average molecular weight is 249 g/mol. The van der Waals surface area contributed by atoms with Gasteiger partial charge in [0.15, 0.2) is 0 Å². The van der Waals surface area contributed by atoms with Crippen LogP contribution in [-0.4, -0.2) is 22.9 Å². The Morgan fingerprint density at radius 1 is 1.33 bits per heavy atom. The molecule has 1 aromatic rings. The molecule has 0 radical (unpaired) electrons. The molecule has 1 aliphatic carbocycles. The van der Waals surface area contributed by atoms with E-state index < -0.39 is 6.23 Å². The van der Waals surface area contributed by atoms with Gasteiger partial charge in [-0.05, 0) is 55.7 Å². The highest BCUT2D eigenvalue weighted by Gasteiger charge is 2.24. The lowest BCUT2D eigenvalue weighted by Crippen LogP contribution is -2.23. The molecule has 100 valence electrons. The molecule has 1 atom stereocenters. The molecule has 1 unspecified atom stereocenters. The fourth-order valence-corrected chi connectivity index (χ4v) is 2.13. The molecule has 3 nitrogen and oxygen atoms in total. The molecule has 0 saturated heterocycles. The van der Waals surface area contributed by atoms with Crippen molar-refractivity contribution in [2.75, 3.05) is 6.61 Å². The normalized spacial score (nSPS) is 16.8. The van der Waals surface area contributed by atoms with E-state index in [-0.39, 0.29) is 6.61 Å². The van der Waals surface area contributed by atoms with E-state index in [4.69, 9.17) is 5.11 Å². The maximum absolute atomic E-state index is 10.1. The van der Waals surface area contributed by atoms with Gasteiger partial charge in [-0.2, -0.15) is 0 Å². The number of hydrogen-bond donors (Lipinski definition) is 3. The Kier molecular flexibility index (Phi) is 4.75. The second-order valence-electron chi connectivity index (χ2n) is 5.21. The first-order valence-corrected chi connectivity index (χ1v) is 6.85. The van der Waals surface area contributed by atoms with E-state index in [9.17, 15) is 5.11 Å². The summed E-state index contributed by atoms with van der Waals surface area (Å²) in [4.78, 5) is 0. The minimum atomic E-state index is -0.547. The number of aliphatic hydroxyl groups excluding tert-OH is 2. The summed E-state index contributed by atoms with van der Waals surface area (Å²) in [5, 5.41) is 22.1. The monoisotopic (exact) mass is 249 g/mol. The Bertz CT molecular complexity index is 388. The van der Waals surface area contributed by atoms with Crippen LogP contribution >= 0.6 is 0 Å². The summed E-state index contributed by atoms with van der Waals surface area (Å²) in [6.45, 7) is 2.35. The van der Waals surface area contributed by atoms with Gasteiger partial charge in [-0.1, -0.05) is 18.2 Å². The van der Waals surface area contributed by atoms with Gasteiger partial charge in [0.1, 0.15) is 6.23 Å². The summed E-state index contributed by atoms with van der Waals surface area (Å²) in [5.41, 5.74) is 3.49. The Labute approximate surface area is 109 Å². The van der Waals surface area contributed by atoms with Crippen molar-refractivity contribution in [3.63, 3.8) is 0 Å². The van der Waals surface area contributed by atoms with Crippen LogP contribution in [0.15, 0.2) is 18.2 Å². The van der Waals surface area contributed by atoms with Crippen LogP contribution in [-0.2, 0) is 6.42 Å². The molecule has 0 heterocycles. The van der Waals surface area contributed by atoms with Gasteiger partial charge < -0.3 is 10.2 Å². The summed E-state index contributed by atoms with van der Waals surface area (Å²) in [6.07, 6.45) is 4.60. The number of unbranched alkanes of at least 4 members (excludes halogenated alkanes) is 1. The van der Waals surface area contributed by atoms with Crippen LogP contribution in [0.5, 0.6) is 0 Å². The summed E-state index contributed by atoms with van der Waals surface area (Å²) < 4.78 is 0. The molecule has 1 aliphatic rings. The number of nitrogens with one attached hydrogen (secondary N) is 1. The number of aryl methyl sites for hydroxylation is 2. The van der Waals surface area contributed by atoms with Crippen molar-refractivity contribution in [3.05, 3.63) is 34.9 Å². The second kappa shape index (κ2) is 6.32. The first-order chi connectivity index (χ1) is 8.70. The van der Waals surface area contributed by atoms with Gasteiger partial charge in [0.2, 0.25) is 0 Å². The number of rotatable bonds is 7. The van der Waals surface area contributed by atoms with Crippen LogP contribution in [0.4, 0.5) is 0 Å². The fraction of sp³-hybridized carbons (Fsp3) is 0.600. The summed E-state index contributed by atoms with van der Waals surface area (Å²) in [5.74, 6) is 0. The van der Waals surface area contributed by atoms with Crippen LogP contribution in [0.25, 0.3) is 0 Å². The predicted octanol–water partition coefficient (Wildman–Crippen LogP) is 2.05. The minimum absolute atomic E-state index is 0.255. The highest BCUT2D eigenvalue weighted by Crippen LogP contribution is 2.24. The SMILES string of the molecule is Cc1ccc(C(O)NC2CC2)cc1CCCCO. The molecule has 3 heteroatoms. The average Bonchev–Trinajstić information content (AvgIpc) is 3.15. The quantitative estimate of drug-likeness (QED) is 0.512. The highest BCUT2D eigenvalue weighted by molar-refractivity contribution is 5.32. The van der Waals surface area contributed by atoms with Crippen LogP contribution < -0.4 is 5.32 Å². The Morgan fingerprint density at radius 3 is 2.78 bits per heavy atom. The van der Waals surface area contributed by atoms with E-state index in [1.807, 2.05) is 6.07 Å². The maximum Gasteiger partial charge on any atom is 0.131 e. The van der Waals surface area contributed by atoms with Gasteiger partial charge in [-0.15, -0.1) is 0 Å². The topological polar surface area (TPSA) is 52.5 Å². The molecule has 18 heavy (non-hydrogen) atoms. The summed E-state index contributed by atoms with van der Waals surface area (Å²) in [7, 11) is 0. The van der Waals surface area contributed by atoms with Crippen molar-refractivity contribution in [2.45, 2.75) is 51.3 Å². The third-order valence-electron chi connectivity index (χ3n) is 3.51. The van der Waals surface area contributed by atoms with Crippen LogP contribution in [0.3, 0.4) is 0 Å². The Hall–Kier alpha value is -0.900. The molecule has 3 N–H and O–H groups in total. The predicted molar refractivity (Wildman–Crippen MR) is 72.3 cm³/mol. The Morgan fingerprint density at radius 2 is 2.11 bits per heavy atom. The first kappa shape index (κ1) is 13.5. The van der Waals surface area contributed by atoms with E-state index in [0.29, 0.717) is 6.04 Å². The van der Waals surface area contributed by atoms with Crippen molar-refractivity contribution < 1.29 is 10.2 Å². The third-order valence-corrected chi connectivity index (χ3v) is 3.51. The number of hydrogen-bond acceptors (Lipinski definition) is 3. The largest absolute Gasteiger partial charge is 0.396 e. The standard InChI is InChI=1S/C15H23NO2/c1-11-5-6-13(15(18)16-14-7-8-14)10-12(11)4-2-3-9-17/h5-6,10,14-18H,2-4,7-9H2,1H3. The van der Waals surface area contributed by atoms with Crippen molar-refractivity contribution >= 4 is 0 Å². The van der Waals surface area contributed by atoms with E-state index >= 15 is 0 Å². The van der Waals surface area contributed by atoms with Crippen LogP contribution in [0.1, 0.15) is 48.6 Å². The van der Waals surface area contributed by atoms with Gasteiger partial charge in [-0.3, -0.25) is 5.32 Å². The van der Waals surface area contributed by atoms with E-state index in [2.05, 4.69) is 24.4 Å². The van der Waals surface area contributed by atoms with Crippen molar-refractivity contribution in [1.82, 2.24) is 5.32 Å². The highest BCUT2D eigenvalue weighted by atomic mass is 16.3. The first-order valence-electron chi connectivity index (χ1n) is 6.85. The van der Waals surface area contributed by atoms with Gasteiger partial charge in [0.05, 0.1) is 0 Å². The van der Waals surface area contributed by atoms with Crippen LogP contribution in [0, 0.1) is 6.92 Å². The zero-order valence-corrected chi connectivity index (χ0v) is 11.0. The Balaban J connectivity index is 1.99. The lowest BCUT2D eigenvalue weighted by atomic mass is 9.99. The third kappa shape index (κ3) is 3.80. The molecule has 0 amide bonds. The smallest absolute Gasteiger partial charge is 0.131 e. The van der Waals surface area contributed by atoms with Gasteiger partial charge in [0, 0.05) is 12.6 Å². The molecule has 1 saturated carbocycles. The van der Waals surface area contributed by atoms with E-state index in [1.165, 1.54) is 24.0 Å². The number of benzene rings is 1. The molecule has 0 aromatic heterocycles. The van der Waals surface area contributed by atoms with Crippen molar-refractivity contribution in [2.24, 2.45) is 0 Å². The molecule has 1 fully saturated rings. The van der Waals surface area contributed by atoms with Crippen LogP contribution in [0.2, 0.25) is 0 Å². The summed E-state index contributed by atoms with van der Waals surface area (Å²) in [6, 6.07) is 6.65. The van der Waals surface area contributed by atoms with E-state index in [1.54, 1.807) is 0 Å². The molecular formula is C15H23NO2. The lowest BCUT2D eigenvalue weighted by Gasteiger charge is -2.15. The zero-order valence-electron chi connectivity index (χ0n) is 11.0. The molecular weight excluding hydrogens is 226 g/mol. The maximum atomic E-state index is 10.1.